The van der Waals surface area contributed by atoms with Crippen molar-refractivity contribution in [3.8, 4) is 0 Å². The maximum absolute atomic E-state index is 5.71. The SMILES string of the molecule is CCC(CN)CCN1CCCOC(C)C1. The summed E-state index contributed by atoms with van der Waals surface area (Å²) < 4.78 is 5.63. The summed E-state index contributed by atoms with van der Waals surface area (Å²) >= 11 is 0. The Kier molecular flexibility index (Phi) is 6.22. The fourth-order valence-corrected chi connectivity index (χ4v) is 2.14. The molecule has 0 radical (unpaired) electrons. The van der Waals surface area contributed by atoms with Crippen molar-refractivity contribution in [2.24, 2.45) is 11.7 Å². The molecule has 2 N–H and O–H groups in total. The molecule has 0 aromatic rings. The Morgan fingerprint density at radius 2 is 2.33 bits per heavy atom. The predicted molar refractivity (Wildman–Crippen MR) is 63.9 cm³/mol. The van der Waals surface area contributed by atoms with E-state index in [0.29, 0.717) is 12.0 Å². The molecule has 2 atom stereocenters. The molecule has 0 amide bonds. The van der Waals surface area contributed by atoms with Crippen LogP contribution in [0.25, 0.3) is 0 Å². The van der Waals surface area contributed by atoms with Crippen LogP contribution >= 0.6 is 0 Å². The van der Waals surface area contributed by atoms with Gasteiger partial charge in [-0.1, -0.05) is 13.3 Å². The minimum atomic E-state index is 0.394. The molecular formula is C12H26N2O. The first-order chi connectivity index (χ1) is 7.26. The van der Waals surface area contributed by atoms with E-state index in [0.717, 1.165) is 19.7 Å². The van der Waals surface area contributed by atoms with Gasteiger partial charge < -0.3 is 15.4 Å². The van der Waals surface area contributed by atoms with Gasteiger partial charge in [-0.25, -0.2) is 0 Å². The van der Waals surface area contributed by atoms with Crippen molar-refractivity contribution in [1.82, 2.24) is 4.90 Å². The highest BCUT2D eigenvalue weighted by Gasteiger charge is 2.15. The summed E-state index contributed by atoms with van der Waals surface area (Å²) in [5, 5.41) is 0. The van der Waals surface area contributed by atoms with Crippen molar-refractivity contribution in [1.29, 1.82) is 0 Å². The molecule has 90 valence electrons. The Balaban J connectivity index is 2.23. The third kappa shape index (κ3) is 4.96. The van der Waals surface area contributed by atoms with Crippen LogP contribution in [0.15, 0.2) is 0 Å². The van der Waals surface area contributed by atoms with Gasteiger partial charge in [-0.2, -0.15) is 0 Å². The fourth-order valence-electron chi connectivity index (χ4n) is 2.14. The molecule has 0 aliphatic carbocycles. The summed E-state index contributed by atoms with van der Waals surface area (Å²) in [4.78, 5) is 2.52. The van der Waals surface area contributed by atoms with Crippen LogP contribution < -0.4 is 5.73 Å². The quantitative estimate of drug-likeness (QED) is 0.753. The lowest BCUT2D eigenvalue weighted by atomic mass is 10.0. The van der Waals surface area contributed by atoms with E-state index in [4.69, 9.17) is 10.5 Å². The highest BCUT2D eigenvalue weighted by molar-refractivity contribution is 4.69. The smallest absolute Gasteiger partial charge is 0.0673 e. The largest absolute Gasteiger partial charge is 0.377 e. The zero-order valence-corrected chi connectivity index (χ0v) is 10.2. The Morgan fingerprint density at radius 1 is 1.53 bits per heavy atom. The molecular weight excluding hydrogens is 188 g/mol. The highest BCUT2D eigenvalue weighted by atomic mass is 16.5. The van der Waals surface area contributed by atoms with Gasteiger partial charge >= 0.3 is 0 Å². The van der Waals surface area contributed by atoms with E-state index >= 15 is 0 Å². The molecule has 3 nitrogen and oxygen atoms in total. The van der Waals surface area contributed by atoms with Crippen molar-refractivity contribution >= 4 is 0 Å². The standard InChI is InChI=1S/C12H26N2O/c1-3-12(9-13)5-7-14-6-4-8-15-11(2)10-14/h11-12H,3-10,13H2,1-2H3. The highest BCUT2D eigenvalue weighted by Crippen LogP contribution is 2.10. The summed E-state index contributed by atoms with van der Waals surface area (Å²) in [6, 6.07) is 0. The van der Waals surface area contributed by atoms with Crippen LogP contribution in [-0.4, -0.2) is 43.8 Å². The third-order valence-corrected chi connectivity index (χ3v) is 3.30. The summed E-state index contributed by atoms with van der Waals surface area (Å²) in [5.74, 6) is 0.699. The van der Waals surface area contributed by atoms with Gasteiger partial charge in [-0.15, -0.1) is 0 Å². The monoisotopic (exact) mass is 214 g/mol. The Hall–Kier alpha value is -0.120. The molecule has 0 bridgehead atoms. The molecule has 0 spiro atoms. The predicted octanol–water partition coefficient (Wildman–Crippen LogP) is 1.47. The molecule has 0 aromatic carbocycles. The van der Waals surface area contributed by atoms with Gasteiger partial charge in [0.2, 0.25) is 0 Å². The second kappa shape index (κ2) is 7.20. The summed E-state index contributed by atoms with van der Waals surface area (Å²) in [6.45, 7) is 9.60. The molecule has 15 heavy (non-hydrogen) atoms. The first kappa shape index (κ1) is 12.9. The molecule has 3 heteroatoms. The summed E-state index contributed by atoms with van der Waals surface area (Å²) in [7, 11) is 0. The fraction of sp³-hybridized carbons (Fsp3) is 1.00. The molecule has 1 saturated heterocycles. The number of nitrogens with two attached hydrogens (primary N) is 1. The average Bonchev–Trinajstić information content (AvgIpc) is 2.44. The minimum Gasteiger partial charge on any atom is -0.377 e. The van der Waals surface area contributed by atoms with Crippen LogP contribution in [0.4, 0.5) is 0 Å². The second-order valence-corrected chi connectivity index (χ2v) is 4.63. The van der Waals surface area contributed by atoms with E-state index in [1.807, 2.05) is 0 Å². The number of nitrogens with zero attached hydrogens (tertiary/aromatic N) is 1. The van der Waals surface area contributed by atoms with Gasteiger partial charge in [0.25, 0.3) is 0 Å². The van der Waals surface area contributed by atoms with Gasteiger partial charge in [0.05, 0.1) is 6.10 Å². The topological polar surface area (TPSA) is 38.5 Å². The first-order valence-corrected chi connectivity index (χ1v) is 6.30. The van der Waals surface area contributed by atoms with Crippen molar-refractivity contribution < 1.29 is 4.74 Å². The van der Waals surface area contributed by atoms with Crippen LogP contribution in [0.3, 0.4) is 0 Å². The maximum Gasteiger partial charge on any atom is 0.0673 e. The number of ether oxygens (including phenoxy) is 1. The molecule has 0 saturated carbocycles. The first-order valence-electron chi connectivity index (χ1n) is 6.30. The van der Waals surface area contributed by atoms with Crippen LogP contribution in [0.5, 0.6) is 0 Å². The Morgan fingerprint density at radius 3 is 3.00 bits per heavy atom. The molecule has 1 aliphatic heterocycles. The number of hydrogen-bond donors (Lipinski definition) is 1. The average molecular weight is 214 g/mol. The third-order valence-electron chi connectivity index (χ3n) is 3.30. The minimum absolute atomic E-state index is 0.394. The van der Waals surface area contributed by atoms with E-state index in [-0.39, 0.29) is 0 Å². The molecule has 1 aliphatic rings. The van der Waals surface area contributed by atoms with Crippen LogP contribution in [-0.2, 0) is 4.74 Å². The zero-order valence-electron chi connectivity index (χ0n) is 10.2. The van der Waals surface area contributed by atoms with Gasteiger partial charge in [-0.3, -0.25) is 0 Å². The van der Waals surface area contributed by atoms with Crippen molar-refractivity contribution in [3.63, 3.8) is 0 Å². The van der Waals surface area contributed by atoms with E-state index < -0.39 is 0 Å². The second-order valence-electron chi connectivity index (χ2n) is 4.63. The maximum atomic E-state index is 5.71. The molecule has 2 unspecified atom stereocenters. The lowest BCUT2D eigenvalue weighted by molar-refractivity contribution is 0.0670. The van der Waals surface area contributed by atoms with Crippen molar-refractivity contribution in [2.45, 2.75) is 39.2 Å². The lowest BCUT2D eigenvalue weighted by Crippen LogP contribution is -2.32. The molecule has 1 heterocycles. The van der Waals surface area contributed by atoms with Gasteiger partial charge in [0.15, 0.2) is 0 Å². The molecule has 0 aromatic heterocycles. The number of hydrogen-bond acceptors (Lipinski definition) is 3. The van der Waals surface area contributed by atoms with Crippen LogP contribution in [0, 0.1) is 5.92 Å². The van der Waals surface area contributed by atoms with Crippen molar-refractivity contribution in [2.75, 3.05) is 32.8 Å². The zero-order chi connectivity index (χ0) is 11.1. The Labute approximate surface area is 94.0 Å². The lowest BCUT2D eigenvalue weighted by Gasteiger charge is -2.23. The van der Waals surface area contributed by atoms with Gasteiger partial charge in [0.1, 0.15) is 0 Å². The summed E-state index contributed by atoms with van der Waals surface area (Å²) in [5.41, 5.74) is 5.71. The van der Waals surface area contributed by atoms with E-state index in [9.17, 15) is 0 Å². The van der Waals surface area contributed by atoms with Gasteiger partial charge in [0, 0.05) is 19.7 Å². The summed E-state index contributed by atoms with van der Waals surface area (Å²) in [6.07, 6.45) is 4.00. The van der Waals surface area contributed by atoms with Crippen LogP contribution in [0.2, 0.25) is 0 Å². The van der Waals surface area contributed by atoms with E-state index in [2.05, 4.69) is 18.7 Å². The van der Waals surface area contributed by atoms with E-state index in [1.54, 1.807) is 0 Å². The molecule has 1 rings (SSSR count). The molecule has 1 fully saturated rings. The van der Waals surface area contributed by atoms with E-state index in [1.165, 1.54) is 32.4 Å². The normalized spacial score (nSPS) is 26.2. The van der Waals surface area contributed by atoms with Gasteiger partial charge in [-0.05, 0) is 38.8 Å². The number of rotatable bonds is 5. The van der Waals surface area contributed by atoms with Crippen molar-refractivity contribution in [3.05, 3.63) is 0 Å². The van der Waals surface area contributed by atoms with Crippen LogP contribution in [0.1, 0.15) is 33.1 Å². The Bertz CT molecular complexity index is 160.